The normalized spacial score (nSPS) is 12.5. The van der Waals surface area contributed by atoms with Gasteiger partial charge in [0, 0.05) is 15.0 Å². The van der Waals surface area contributed by atoms with E-state index >= 15 is 0 Å². The Balaban J connectivity index is 1.50. The van der Waals surface area contributed by atoms with E-state index in [1.54, 1.807) is 18.8 Å². The Morgan fingerprint density at radius 3 is 2.38 bits per heavy atom. The molecule has 0 saturated carbocycles. The van der Waals surface area contributed by atoms with Gasteiger partial charge in [-0.1, -0.05) is 31.9 Å². The first-order valence-corrected chi connectivity index (χ1v) is 14.3. The second kappa shape index (κ2) is 12.3. The highest BCUT2D eigenvalue weighted by molar-refractivity contribution is 7.99. The Morgan fingerprint density at radius 2 is 1.79 bits per heavy atom. The lowest BCUT2D eigenvalue weighted by atomic mass is 9.95. The zero-order valence-corrected chi connectivity index (χ0v) is 23.8. The molecule has 11 heteroatoms. The van der Waals surface area contributed by atoms with Crippen molar-refractivity contribution in [2.75, 3.05) is 0 Å². The zero-order chi connectivity index (χ0) is 28.2. The number of carbonyl (C=O) groups is 1. The molecule has 4 rings (SSSR count). The number of aryl methyl sites for hydroxylation is 3. The number of hydrogen-bond donors (Lipinski definition) is 1. The Hall–Kier alpha value is -3.18. The maximum absolute atomic E-state index is 13.0. The van der Waals surface area contributed by atoms with E-state index in [0.29, 0.717) is 10.7 Å². The zero-order valence-electron chi connectivity index (χ0n) is 22.2. The van der Waals surface area contributed by atoms with E-state index in [0.717, 1.165) is 63.4 Å². The molecule has 4 aromatic rings. The van der Waals surface area contributed by atoms with Gasteiger partial charge in [0.25, 0.3) is 5.91 Å². The fourth-order valence-electron chi connectivity index (χ4n) is 4.37. The van der Waals surface area contributed by atoms with Gasteiger partial charge in [-0.05, 0) is 84.1 Å². The monoisotopic (exact) mass is 573 g/mol. The van der Waals surface area contributed by atoms with Crippen molar-refractivity contribution in [1.82, 2.24) is 25.5 Å². The third-order valence-electron chi connectivity index (χ3n) is 6.23. The summed E-state index contributed by atoms with van der Waals surface area (Å²) in [5.41, 5.74) is 3.08. The SMILES string of the molecule is CCCCC(Sc1cc(C)c(-c2ccc(C(F)(F)F)cc2)c(C)c1)c1ccc(C(=O)NCc2nnn(C)n2)s1. The van der Waals surface area contributed by atoms with Crippen molar-refractivity contribution in [1.29, 1.82) is 0 Å². The highest BCUT2D eigenvalue weighted by Crippen LogP contribution is 2.43. The number of thioether (sulfide) groups is 1. The molecule has 6 nitrogen and oxygen atoms in total. The van der Waals surface area contributed by atoms with E-state index in [-0.39, 0.29) is 17.7 Å². The number of halogens is 3. The molecule has 0 aliphatic rings. The number of rotatable bonds is 10. The predicted octanol–water partition coefficient (Wildman–Crippen LogP) is 7.53. The molecule has 2 aromatic carbocycles. The second-order valence-electron chi connectivity index (χ2n) is 9.34. The molecular weight excluding hydrogens is 543 g/mol. The van der Waals surface area contributed by atoms with Crippen LogP contribution in [0.2, 0.25) is 0 Å². The van der Waals surface area contributed by atoms with Crippen LogP contribution < -0.4 is 5.32 Å². The Labute approximate surface area is 234 Å². The number of unbranched alkanes of at least 4 members (excludes halogenated alkanes) is 1. The Morgan fingerprint density at radius 1 is 1.10 bits per heavy atom. The van der Waals surface area contributed by atoms with Gasteiger partial charge in [-0.25, -0.2) is 0 Å². The summed E-state index contributed by atoms with van der Waals surface area (Å²) in [5.74, 6) is 0.273. The number of nitrogens with one attached hydrogen (secondary N) is 1. The molecule has 1 atom stereocenters. The van der Waals surface area contributed by atoms with E-state index in [4.69, 9.17) is 0 Å². The molecule has 0 aliphatic carbocycles. The maximum atomic E-state index is 13.0. The lowest BCUT2D eigenvalue weighted by Crippen LogP contribution is -2.22. The smallest absolute Gasteiger partial charge is 0.344 e. The molecule has 2 heterocycles. The second-order valence-corrected chi connectivity index (χ2v) is 11.7. The van der Waals surface area contributed by atoms with Gasteiger partial charge in [0.15, 0.2) is 5.82 Å². The number of carbonyl (C=O) groups excluding carboxylic acids is 1. The van der Waals surface area contributed by atoms with Crippen LogP contribution in [-0.4, -0.2) is 26.1 Å². The molecule has 0 radical (unpaired) electrons. The summed E-state index contributed by atoms with van der Waals surface area (Å²) >= 11 is 3.24. The van der Waals surface area contributed by atoms with Crippen molar-refractivity contribution >= 4 is 29.0 Å². The first-order valence-electron chi connectivity index (χ1n) is 12.6. The number of alkyl halides is 3. The molecule has 1 amide bonds. The van der Waals surface area contributed by atoms with Crippen molar-refractivity contribution in [2.24, 2.45) is 7.05 Å². The fourth-order valence-corrected chi connectivity index (χ4v) is 6.90. The van der Waals surface area contributed by atoms with Gasteiger partial charge in [-0.2, -0.15) is 18.0 Å². The number of amides is 1. The van der Waals surface area contributed by atoms with Crippen molar-refractivity contribution in [3.63, 3.8) is 0 Å². The van der Waals surface area contributed by atoms with Crippen LogP contribution in [0.25, 0.3) is 11.1 Å². The molecule has 1 unspecified atom stereocenters. The number of nitrogens with zero attached hydrogens (tertiary/aromatic N) is 4. The first-order chi connectivity index (χ1) is 18.5. The van der Waals surface area contributed by atoms with Crippen LogP contribution in [0, 0.1) is 13.8 Å². The third-order valence-corrected chi connectivity index (χ3v) is 8.86. The molecule has 1 N–H and O–H groups in total. The van der Waals surface area contributed by atoms with E-state index in [1.807, 2.05) is 26.0 Å². The highest BCUT2D eigenvalue weighted by Gasteiger charge is 2.30. The summed E-state index contributed by atoms with van der Waals surface area (Å²) < 4.78 is 39.0. The van der Waals surface area contributed by atoms with E-state index in [9.17, 15) is 18.0 Å². The van der Waals surface area contributed by atoms with Crippen molar-refractivity contribution in [3.8, 4) is 11.1 Å². The van der Waals surface area contributed by atoms with Gasteiger partial charge in [-0.15, -0.1) is 33.3 Å². The molecule has 2 aromatic heterocycles. The van der Waals surface area contributed by atoms with Gasteiger partial charge in [0.05, 0.1) is 24.0 Å². The van der Waals surface area contributed by atoms with Gasteiger partial charge in [0.1, 0.15) is 0 Å². The van der Waals surface area contributed by atoms with E-state index in [2.05, 4.69) is 39.8 Å². The van der Waals surface area contributed by atoms with Crippen LogP contribution in [0.15, 0.2) is 53.4 Å². The minimum Gasteiger partial charge on any atom is -0.344 e. The van der Waals surface area contributed by atoms with Crippen LogP contribution in [0.3, 0.4) is 0 Å². The fraction of sp³-hybridized carbons (Fsp3) is 0.357. The summed E-state index contributed by atoms with van der Waals surface area (Å²) in [6, 6.07) is 13.4. The summed E-state index contributed by atoms with van der Waals surface area (Å²) in [7, 11) is 1.67. The van der Waals surface area contributed by atoms with E-state index in [1.165, 1.54) is 28.3 Å². The number of hydrogen-bond acceptors (Lipinski definition) is 6. The molecule has 39 heavy (non-hydrogen) atoms. The van der Waals surface area contributed by atoms with Crippen molar-refractivity contribution in [3.05, 3.63) is 80.8 Å². The predicted molar refractivity (Wildman–Crippen MR) is 149 cm³/mol. The molecule has 0 bridgehead atoms. The molecule has 0 fully saturated rings. The number of tetrazole rings is 1. The average Bonchev–Trinajstić information content (AvgIpc) is 3.54. The number of aromatic nitrogens is 4. The average molecular weight is 574 g/mol. The molecule has 206 valence electrons. The minimum atomic E-state index is -4.35. The molecule has 0 saturated heterocycles. The summed E-state index contributed by atoms with van der Waals surface area (Å²) in [4.78, 5) is 16.9. The summed E-state index contributed by atoms with van der Waals surface area (Å²) in [6.45, 7) is 6.34. The van der Waals surface area contributed by atoms with E-state index < -0.39 is 11.7 Å². The third kappa shape index (κ3) is 7.27. The number of benzene rings is 2. The van der Waals surface area contributed by atoms with Gasteiger partial charge >= 0.3 is 6.18 Å². The Kier molecular flexibility index (Phi) is 9.12. The summed E-state index contributed by atoms with van der Waals surface area (Å²) in [6.07, 6.45) is -1.28. The maximum Gasteiger partial charge on any atom is 0.416 e. The van der Waals surface area contributed by atoms with Crippen LogP contribution in [0.5, 0.6) is 0 Å². The van der Waals surface area contributed by atoms with Gasteiger partial charge in [-0.3, -0.25) is 4.79 Å². The minimum absolute atomic E-state index is 0.175. The topological polar surface area (TPSA) is 72.7 Å². The number of thiophene rings is 1. The van der Waals surface area contributed by atoms with Crippen LogP contribution in [-0.2, 0) is 19.8 Å². The molecule has 0 aliphatic heterocycles. The molecule has 0 spiro atoms. The lowest BCUT2D eigenvalue weighted by Gasteiger charge is -2.18. The van der Waals surface area contributed by atoms with Crippen molar-refractivity contribution < 1.29 is 18.0 Å². The Bertz CT molecular complexity index is 1410. The van der Waals surface area contributed by atoms with Gasteiger partial charge in [0.2, 0.25) is 0 Å². The standard InChI is InChI=1S/C28H30F3N5OS2/c1-5-6-7-22(23-12-13-24(39-23)27(37)32-16-25-33-35-36(4)34-25)38-21-14-17(2)26(18(3)15-21)19-8-10-20(11-9-19)28(29,30)31/h8-15,22H,5-7,16H2,1-4H3,(H,32,37). The lowest BCUT2D eigenvalue weighted by molar-refractivity contribution is -0.137. The highest BCUT2D eigenvalue weighted by atomic mass is 32.2. The first kappa shape index (κ1) is 28.8. The van der Waals surface area contributed by atoms with Crippen molar-refractivity contribution in [2.45, 2.75) is 62.9 Å². The van der Waals surface area contributed by atoms with Crippen LogP contribution in [0.4, 0.5) is 13.2 Å². The van der Waals surface area contributed by atoms with Crippen LogP contribution in [0.1, 0.15) is 68.5 Å². The largest absolute Gasteiger partial charge is 0.416 e. The molecular formula is C28H30F3N5OS2. The van der Waals surface area contributed by atoms with Gasteiger partial charge < -0.3 is 5.32 Å². The van der Waals surface area contributed by atoms with Crippen LogP contribution >= 0.6 is 23.1 Å². The quantitative estimate of drug-likeness (QED) is 0.199. The summed E-state index contributed by atoms with van der Waals surface area (Å²) in [5, 5.41) is 14.8.